The molecule has 1 saturated heterocycles. The van der Waals surface area contributed by atoms with Crippen LogP contribution in [0.1, 0.15) is 32.3 Å². The lowest BCUT2D eigenvalue weighted by molar-refractivity contribution is 0.149. The summed E-state index contributed by atoms with van der Waals surface area (Å²) >= 11 is 0. The Morgan fingerprint density at radius 1 is 1.28 bits per heavy atom. The molecule has 4 rings (SSSR count). The third-order valence-electron chi connectivity index (χ3n) is 6.37. The molecule has 2 aromatic rings. The molecule has 172 valence electrons. The lowest BCUT2D eigenvalue weighted by Crippen LogP contribution is -2.59. The van der Waals surface area contributed by atoms with Gasteiger partial charge in [0.25, 0.3) is 5.56 Å². The standard InChI is InChI=1S/C23H33N7O2/c1-15(2)10-13-29-18-20(26(4)22(29)28-12-7-9-17(24)14-28)27(5)23(32)30(21(18)31)19-16(3)8-6-11-25-19/h6,8,10-11,17,22H,7,9,12-14,24H2,1-5H3. The number of aromatic nitrogens is 3. The highest BCUT2D eigenvalue weighted by atomic mass is 16.2. The number of piperidine rings is 1. The van der Waals surface area contributed by atoms with Gasteiger partial charge in [-0.3, -0.25) is 14.3 Å². The molecule has 2 aliphatic rings. The molecule has 0 radical (unpaired) electrons. The molecule has 2 atom stereocenters. The smallest absolute Gasteiger partial charge is 0.327 e. The molecular weight excluding hydrogens is 406 g/mol. The van der Waals surface area contributed by atoms with E-state index in [9.17, 15) is 9.59 Å². The average Bonchev–Trinajstić information content (AvgIpc) is 3.04. The molecule has 32 heavy (non-hydrogen) atoms. The lowest BCUT2D eigenvalue weighted by Gasteiger charge is -2.42. The van der Waals surface area contributed by atoms with Crippen LogP contribution in [-0.2, 0) is 7.05 Å². The van der Waals surface area contributed by atoms with E-state index < -0.39 is 5.69 Å². The van der Waals surface area contributed by atoms with Crippen LogP contribution in [0.3, 0.4) is 0 Å². The summed E-state index contributed by atoms with van der Waals surface area (Å²) in [5.74, 6) is 0.991. The van der Waals surface area contributed by atoms with Crippen LogP contribution in [-0.4, -0.2) is 58.0 Å². The van der Waals surface area contributed by atoms with Crippen molar-refractivity contribution in [3.8, 4) is 5.82 Å². The maximum Gasteiger partial charge on any atom is 0.338 e. The first-order valence-corrected chi connectivity index (χ1v) is 11.1. The number of allylic oxidation sites excluding steroid dienone is 1. The van der Waals surface area contributed by atoms with E-state index in [4.69, 9.17) is 5.73 Å². The zero-order valence-corrected chi connectivity index (χ0v) is 19.6. The summed E-state index contributed by atoms with van der Waals surface area (Å²) in [5, 5.41) is 0. The number of hydrogen-bond acceptors (Lipinski definition) is 7. The predicted molar refractivity (Wildman–Crippen MR) is 128 cm³/mol. The second-order valence-corrected chi connectivity index (χ2v) is 9.09. The molecule has 2 aliphatic heterocycles. The zero-order chi connectivity index (χ0) is 23.2. The van der Waals surface area contributed by atoms with Crippen molar-refractivity contribution in [1.82, 2.24) is 19.0 Å². The molecule has 0 aliphatic carbocycles. The molecule has 2 aromatic heterocycles. The normalized spacial score (nSPS) is 21.1. The van der Waals surface area contributed by atoms with Gasteiger partial charge < -0.3 is 15.5 Å². The molecule has 0 bridgehead atoms. The van der Waals surface area contributed by atoms with Crippen LogP contribution in [0.15, 0.2) is 39.6 Å². The molecule has 9 heteroatoms. The van der Waals surface area contributed by atoms with Crippen molar-refractivity contribution in [2.45, 2.75) is 45.9 Å². The number of fused-ring (bicyclic) bond motifs is 1. The predicted octanol–water partition coefficient (Wildman–Crippen LogP) is 1.17. The summed E-state index contributed by atoms with van der Waals surface area (Å²) in [6.45, 7) is 8.14. The number of rotatable bonds is 4. The van der Waals surface area contributed by atoms with E-state index in [0.717, 1.165) is 31.5 Å². The summed E-state index contributed by atoms with van der Waals surface area (Å²) in [4.78, 5) is 38.0. The Bertz CT molecular complexity index is 1160. The van der Waals surface area contributed by atoms with Crippen molar-refractivity contribution in [1.29, 1.82) is 0 Å². The highest BCUT2D eigenvalue weighted by Crippen LogP contribution is 2.37. The monoisotopic (exact) mass is 439 g/mol. The van der Waals surface area contributed by atoms with Crippen molar-refractivity contribution in [2.75, 3.05) is 36.5 Å². The average molecular weight is 440 g/mol. The van der Waals surface area contributed by atoms with Gasteiger partial charge in [-0.05, 0) is 45.2 Å². The number of nitrogens with two attached hydrogens (primary N) is 1. The highest BCUT2D eigenvalue weighted by molar-refractivity contribution is 5.73. The molecule has 4 heterocycles. The van der Waals surface area contributed by atoms with Gasteiger partial charge in [0.15, 0.2) is 6.29 Å². The third-order valence-corrected chi connectivity index (χ3v) is 6.37. The number of hydrogen-bond donors (Lipinski definition) is 1. The topological polar surface area (TPSA) is 92.6 Å². The summed E-state index contributed by atoms with van der Waals surface area (Å²) < 4.78 is 2.76. The van der Waals surface area contributed by atoms with Crippen molar-refractivity contribution >= 4 is 11.5 Å². The SMILES string of the molecule is CC(C)=CCN1c2c(n(C)c(=O)n(-c3ncccc3C)c2=O)N(C)C1N1CCCC(N)C1. The maximum absolute atomic E-state index is 13.9. The molecule has 0 aromatic carbocycles. The molecule has 2 unspecified atom stereocenters. The number of anilines is 2. The van der Waals surface area contributed by atoms with Crippen LogP contribution in [0, 0.1) is 6.92 Å². The first-order valence-electron chi connectivity index (χ1n) is 11.1. The Balaban J connectivity index is 1.94. The van der Waals surface area contributed by atoms with Gasteiger partial charge in [0.1, 0.15) is 17.3 Å². The maximum atomic E-state index is 13.9. The molecule has 2 N–H and O–H groups in total. The number of aryl methyl sites for hydroxylation is 1. The lowest BCUT2D eigenvalue weighted by atomic mass is 10.1. The van der Waals surface area contributed by atoms with E-state index in [-0.39, 0.29) is 17.9 Å². The summed E-state index contributed by atoms with van der Waals surface area (Å²) in [6.07, 6.45) is 5.53. The third kappa shape index (κ3) is 3.65. The van der Waals surface area contributed by atoms with E-state index in [1.807, 2.05) is 38.8 Å². The van der Waals surface area contributed by atoms with Gasteiger partial charge in [-0.15, -0.1) is 0 Å². The molecular formula is C23H33N7O2. The Labute approximate surface area is 188 Å². The van der Waals surface area contributed by atoms with Crippen LogP contribution in [0.5, 0.6) is 0 Å². The zero-order valence-electron chi connectivity index (χ0n) is 19.6. The second kappa shape index (κ2) is 8.55. The fourth-order valence-electron chi connectivity index (χ4n) is 4.83. The van der Waals surface area contributed by atoms with Crippen LogP contribution in [0.25, 0.3) is 5.82 Å². The van der Waals surface area contributed by atoms with Gasteiger partial charge in [-0.25, -0.2) is 14.3 Å². The Kier molecular flexibility index (Phi) is 5.96. The van der Waals surface area contributed by atoms with Crippen molar-refractivity contribution < 1.29 is 0 Å². The van der Waals surface area contributed by atoms with Gasteiger partial charge in [-0.1, -0.05) is 17.7 Å². The second-order valence-electron chi connectivity index (χ2n) is 9.09. The van der Waals surface area contributed by atoms with Gasteiger partial charge in [0.05, 0.1) is 0 Å². The molecule has 0 saturated carbocycles. The Hall–Kier alpha value is -2.91. The molecule has 0 amide bonds. The van der Waals surface area contributed by atoms with Crippen molar-refractivity contribution in [3.05, 3.63) is 56.4 Å². The minimum Gasteiger partial charge on any atom is -0.327 e. The van der Waals surface area contributed by atoms with E-state index in [2.05, 4.69) is 20.9 Å². The Morgan fingerprint density at radius 2 is 2.03 bits per heavy atom. The number of likely N-dealkylation sites (tertiary alicyclic amines) is 1. The molecule has 0 spiro atoms. The van der Waals surface area contributed by atoms with E-state index >= 15 is 0 Å². The largest absolute Gasteiger partial charge is 0.338 e. The fourth-order valence-corrected chi connectivity index (χ4v) is 4.83. The fraction of sp³-hybridized carbons (Fsp3) is 0.522. The quantitative estimate of drug-likeness (QED) is 0.715. The van der Waals surface area contributed by atoms with Gasteiger partial charge in [-0.2, -0.15) is 0 Å². The van der Waals surface area contributed by atoms with E-state index in [1.54, 1.807) is 23.9 Å². The van der Waals surface area contributed by atoms with Crippen LogP contribution >= 0.6 is 0 Å². The molecule has 9 nitrogen and oxygen atoms in total. The summed E-state index contributed by atoms with van der Waals surface area (Å²) in [7, 11) is 3.66. The van der Waals surface area contributed by atoms with Crippen molar-refractivity contribution in [2.24, 2.45) is 12.8 Å². The number of pyridine rings is 1. The summed E-state index contributed by atoms with van der Waals surface area (Å²) in [6, 6.07) is 3.75. The van der Waals surface area contributed by atoms with E-state index in [0.29, 0.717) is 23.9 Å². The van der Waals surface area contributed by atoms with Crippen LogP contribution < -0.4 is 26.8 Å². The van der Waals surface area contributed by atoms with E-state index in [1.165, 1.54) is 10.1 Å². The van der Waals surface area contributed by atoms with Gasteiger partial charge in [0.2, 0.25) is 0 Å². The van der Waals surface area contributed by atoms with Crippen LogP contribution in [0.4, 0.5) is 11.5 Å². The minimum atomic E-state index is -0.402. The minimum absolute atomic E-state index is 0.0998. The van der Waals surface area contributed by atoms with Gasteiger partial charge >= 0.3 is 5.69 Å². The Morgan fingerprint density at radius 3 is 2.69 bits per heavy atom. The first kappa shape index (κ1) is 22.3. The molecule has 1 fully saturated rings. The number of nitrogens with zero attached hydrogens (tertiary/aromatic N) is 6. The van der Waals surface area contributed by atoms with Gasteiger partial charge in [0, 0.05) is 46.0 Å². The highest BCUT2D eigenvalue weighted by Gasteiger charge is 2.43. The van der Waals surface area contributed by atoms with Crippen molar-refractivity contribution in [3.63, 3.8) is 0 Å². The van der Waals surface area contributed by atoms with Crippen LogP contribution in [0.2, 0.25) is 0 Å². The first-order chi connectivity index (χ1) is 15.2. The summed E-state index contributed by atoms with van der Waals surface area (Å²) in [5.41, 5.74) is 8.00.